The Hall–Kier alpha value is -2.62. The number of ketones is 1. The smallest absolute Gasteiger partial charge is 0.311 e. The van der Waals surface area contributed by atoms with Crippen molar-refractivity contribution in [1.29, 1.82) is 0 Å². The third-order valence-electron chi connectivity index (χ3n) is 4.01. The van der Waals surface area contributed by atoms with E-state index in [1.54, 1.807) is 26.2 Å². The summed E-state index contributed by atoms with van der Waals surface area (Å²) < 4.78 is 10.5. The molecule has 0 amide bonds. The molecule has 2 aromatic carbocycles. The van der Waals surface area contributed by atoms with Gasteiger partial charge in [0.1, 0.15) is 17.3 Å². The minimum Gasteiger partial charge on any atom is -0.497 e. The molecule has 4 heteroatoms. The molecule has 0 spiro atoms. The SMILES string of the molecule is COc1ccc(-c2ccc(OC(=O)CC(C)CCC(C)=O)cc2)cc1. The van der Waals surface area contributed by atoms with Gasteiger partial charge in [-0.25, -0.2) is 0 Å². The van der Waals surface area contributed by atoms with Gasteiger partial charge in [-0.1, -0.05) is 31.2 Å². The molecule has 0 saturated heterocycles. The molecule has 2 aromatic rings. The van der Waals surface area contributed by atoms with Crippen LogP contribution in [0.25, 0.3) is 11.1 Å². The summed E-state index contributed by atoms with van der Waals surface area (Å²) in [6, 6.07) is 15.2. The van der Waals surface area contributed by atoms with Crippen molar-refractivity contribution in [2.24, 2.45) is 5.92 Å². The summed E-state index contributed by atoms with van der Waals surface area (Å²) in [6.45, 7) is 3.52. The van der Waals surface area contributed by atoms with Crippen molar-refractivity contribution >= 4 is 11.8 Å². The number of rotatable bonds is 8. The molecule has 0 aromatic heterocycles. The number of ether oxygens (including phenoxy) is 2. The van der Waals surface area contributed by atoms with Gasteiger partial charge in [-0.2, -0.15) is 0 Å². The zero-order valence-corrected chi connectivity index (χ0v) is 15.0. The Labute approximate surface area is 148 Å². The Bertz CT molecular complexity index is 702. The van der Waals surface area contributed by atoms with Crippen LogP contribution in [-0.4, -0.2) is 18.9 Å². The van der Waals surface area contributed by atoms with E-state index in [1.807, 2.05) is 43.3 Å². The summed E-state index contributed by atoms with van der Waals surface area (Å²) in [5.74, 6) is 1.35. The van der Waals surface area contributed by atoms with Crippen molar-refractivity contribution in [2.45, 2.75) is 33.1 Å². The minimum atomic E-state index is -0.270. The first-order chi connectivity index (χ1) is 12.0. The third-order valence-corrected chi connectivity index (χ3v) is 4.01. The van der Waals surface area contributed by atoms with E-state index in [-0.39, 0.29) is 17.7 Å². The second kappa shape index (κ2) is 9.02. The van der Waals surface area contributed by atoms with E-state index in [0.717, 1.165) is 16.9 Å². The van der Waals surface area contributed by atoms with Crippen molar-refractivity contribution in [1.82, 2.24) is 0 Å². The Morgan fingerprint density at radius 1 is 0.920 bits per heavy atom. The highest BCUT2D eigenvalue weighted by Gasteiger charge is 2.12. The fourth-order valence-corrected chi connectivity index (χ4v) is 2.51. The van der Waals surface area contributed by atoms with E-state index in [1.165, 1.54) is 0 Å². The molecule has 25 heavy (non-hydrogen) atoms. The summed E-state index contributed by atoms with van der Waals surface area (Å²) in [5, 5.41) is 0. The minimum absolute atomic E-state index is 0.134. The lowest BCUT2D eigenvalue weighted by molar-refractivity contribution is -0.135. The van der Waals surface area contributed by atoms with Gasteiger partial charge in [0.05, 0.1) is 7.11 Å². The maximum absolute atomic E-state index is 12.0. The summed E-state index contributed by atoms with van der Waals surface area (Å²) >= 11 is 0. The van der Waals surface area contributed by atoms with Crippen LogP contribution in [0.15, 0.2) is 48.5 Å². The maximum atomic E-state index is 12.0. The summed E-state index contributed by atoms with van der Waals surface area (Å²) in [6.07, 6.45) is 1.53. The normalized spacial score (nSPS) is 11.6. The zero-order chi connectivity index (χ0) is 18.2. The average Bonchev–Trinajstić information content (AvgIpc) is 2.60. The van der Waals surface area contributed by atoms with Crippen molar-refractivity contribution < 1.29 is 19.1 Å². The first-order valence-electron chi connectivity index (χ1n) is 8.42. The van der Waals surface area contributed by atoms with Gasteiger partial charge in [-0.3, -0.25) is 4.79 Å². The van der Waals surface area contributed by atoms with Crippen molar-refractivity contribution in [3.05, 3.63) is 48.5 Å². The molecule has 0 fully saturated rings. The average molecular weight is 340 g/mol. The van der Waals surface area contributed by atoms with Gasteiger partial charge >= 0.3 is 5.97 Å². The highest BCUT2D eigenvalue weighted by atomic mass is 16.5. The van der Waals surface area contributed by atoms with Crippen molar-refractivity contribution in [3.8, 4) is 22.6 Å². The van der Waals surface area contributed by atoms with Gasteiger partial charge in [0, 0.05) is 12.8 Å². The second-order valence-electron chi connectivity index (χ2n) is 6.28. The predicted molar refractivity (Wildman–Crippen MR) is 97.8 cm³/mol. The number of hydrogen-bond donors (Lipinski definition) is 0. The molecule has 132 valence electrons. The zero-order valence-electron chi connectivity index (χ0n) is 15.0. The molecule has 0 radical (unpaired) electrons. The Kier molecular flexibility index (Phi) is 6.75. The molecule has 1 atom stereocenters. The standard InChI is InChI=1S/C21H24O4/c1-15(4-5-16(2)22)14-21(23)25-20-12-8-18(9-13-20)17-6-10-19(24-3)11-7-17/h6-13,15H,4-5,14H2,1-3H3. The van der Waals surface area contributed by atoms with Gasteiger partial charge in [0.2, 0.25) is 0 Å². The number of benzene rings is 2. The fraction of sp³-hybridized carbons (Fsp3) is 0.333. The second-order valence-corrected chi connectivity index (χ2v) is 6.28. The van der Waals surface area contributed by atoms with E-state index in [9.17, 15) is 9.59 Å². The molecular weight excluding hydrogens is 316 g/mol. The van der Waals surface area contributed by atoms with Crippen LogP contribution in [0.4, 0.5) is 0 Å². The van der Waals surface area contributed by atoms with Gasteiger partial charge < -0.3 is 14.3 Å². The first kappa shape index (κ1) is 18.7. The molecule has 1 unspecified atom stereocenters. The lowest BCUT2D eigenvalue weighted by Gasteiger charge is -2.10. The topological polar surface area (TPSA) is 52.6 Å². The lowest BCUT2D eigenvalue weighted by Crippen LogP contribution is -2.13. The highest BCUT2D eigenvalue weighted by molar-refractivity contribution is 5.76. The van der Waals surface area contributed by atoms with Crippen LogP contribution in [0, 0.1) is 5.92 Å². The molecule has 0 heterocycles. The van der Waals surface area contributed by atoms with Crippen LogP contribution < -0.4 is 9.47 Å². The molecule has 0 aliphatic carbocycles. The van der Waals surface area contributed by atoms with Gasteiger partial charge in [-0.15, -0.1) is 0 Å². The third kappa shape index (κ3) is 6.07. The molecule has 0 bridgehead atoms. The molecule has 0 aliphatic rings. The maximum Gasteiger partial charge on any atom is 0.311 e. The summed E-state index contributed by atoms with van der Waals surface area (Å²) in [5.41, 5.74) is 2.11. The number of hydrogen-bond acceptors (Lipinski definition) is 4. The van der Waals surface area contributed by atoms with Crippen LogP contribution in [0.2, 0.25) is 0 Å². The molecular formula is C21H24O4. The predicted octanol–water partition coefficient (Wildman–Crippen LogP) is 4.66. The summed E-state index contributed by atoms with van der Waals surface area (Å²) in [7, 11) is 1.64. The van der Waals surface area contributed by atoms with Gasteiger partial charge in [0.25, 0.3) is 0 Å². The monoisotopic (exact) mass is 340 g/mol. The van der Waals surface area contributed by atoms with Gasteiger partial charge in [0.15, 0.2) is 0 Å². The largest absolute Gasteiger partial charge is 0.497 e. The number of Topliss-reactive ketones (excluding diaryl/α,β-unsaturated/α-hetero) is 1. The Balaban J connectivity index is 1.90. The molecule has 0 aliphatic heterocycles. The van der Waals surface area contributed by atoms with Crippen LogP contribution in [0.3, 0.4) is 0 Å². The highest BCUT2D eigenvalue weighted by Crippen LogP contribution is 2.25. The number of carbonyl (C=O) groups excluding carboxylic acids is 2. The molecule has 0 N–H and O–H groups in total. The van der Waals surface area contributed by atoms with E-state index < -0.39 is 0 Å². The molecule has 2 rings (SSSR count). The first-order valence-corrected chi connectivity index (χ1v) is 8.42. The van der Waals surface area contributed by atoms with Crippen LogP contribution in [0.1, 0.15) is 33.1 Å². The van der Waals surface area contributed by atoms with Crippen molar-refractivity contribution in [2.75, 3.05) is 7.11 Å². The van der Waals surface area contributed by atoms with Crippen LogP contribution in [-0.2, 0) is 9.59 Å². The quantitative estimate of drug-likeness (QED) is 0.518. The number of carbonyl (C=O) groups is 2. The van der Waals surface area contributed by atoms with E-state index in [2.05, 4.69) is 0 Å². The fourth-order valence-electron chi connectivity index (χ4n) is 2.51. The van der Waals surface area contributed by atoms with Gasteiger partial charge in [-0.05, 0) is 54.7 Å². The lowest BCUT2D eigenvalue weighted by atomic mass is 10.0. The Morgan fingerprint density at radius 2 is 1.44 bits per heavy atom. The van der Waals surface area contributed by atoms with Crippen molar-refractivity contribution in [3.63, 3.8) is 0 Å². The number of esters is 1. The summed E-state index contributed by atoms with van der Waals surface area (Å²) in [4.78, 5) is 23.0. The molecule has 0 saturated carbocycles. The Morgan fingerprint density at radius 3 is 1.92 bits per heavy atom. The van der Waals surface area contributed by atoms with Crippen LogP contribution >= 0.6 is 0 Å². The van der Waals surface area contributed by atoms with E-state index >= 15 is 0 Å². The van der Waals surface area contributed by atoms with Crippen LogP contribution in [0.5, 0.6) is 11.5 Å². The molecule has 4 nitrogen and oxygen atoms in total. The van der Waals surface area contributed by atoms with E-state index in [0.29, 0.717) is 25.0 Å². The number of methoxy groups -OCH3 is 1. The van der Waals surface area contributed by atoms with E-state index in [4.69, 9.17) is 9.47 Å².